The van der Waals surface area contributed by atoms with Crippen molar-refractivity contribution in [3.05, 3.63) is 66.6 Å². The fourth-order valence-corrected chi connectivity index (χ4v) is 4.10. The summed E-state index contributed by atoms with van der Waals surface area (Å²) in [4.78, 5) is 34.2. The van der Waals surface area contributed by atoms with Crippen LogP contribution >= 0.6 is 0 Å². The number of pyridine rings is 2. The summed E-state index contributed by atoms with van der Waals surface area (Å²) >= 11 is 0. The lowest BCUT2D eigenvalue weighted by atomic mass is 9.99. The molecule has 1 aliphatic heterocycles. The monoisotopic (exact) mass is 462 g/mol. The van der Waals surface area contributed by atoms with Crippen molar-refractivity contribution in [1.29, 1.82) is 0 Å². The highest BCUT2D eigenvalue weighted by Gasteiger charge is 2.34. The SMILES string of the molecule is C[C@H]1CN([C@@H](C)CO)C(=O)c2cc(-c3cncnc3)cnc2O[C@@H]1CN(C)Cc1ccncc1. The number of fused-ring (bicyclic) bond motifs is 1. The van der Waals surface area contributed by atoms with E-state index < -0.39 is 0 Å². The minimum Gasteiger partial charge on any atom is -0.472 e. The van der Waals surface area contributed by atoms with Gasteiger partial charge in [0.1, 0.15) is 18.0 Å². The number of aliphatic hydroxyl groups excluding tert-OH is 1. The number of rotatable bonds is 7. The maximum Gasteiger partial charge on any atom is 0.259 e. The number of likely N-dealkylation sites (N-methyl/N-ethyl adjacent to an activating group) is 1. The Morgan fingerprint density at radius 2 is 1.91 bits per heavy atom. The predicted octanol–water partition coefficient (Wildman–Crippen LogP) is 2.29. The van der Waals surface area contributed by atoms with Crippen LogP contribution in [-0.2, 0) is 6.54 Å². The first kappa shape index (κ1) is 23.7. The van der Waals surface area contributed by atoms with Crippen LogP contribution in [0.4, 0.5) is 0 Å². The molecule has 4 heterocycles. The average molecular weight is 463 g/mol. The quantitative estimate of drug-likeness (QED) is 0.570. The number of amides is 1. The van der Waals surface area contributed by atoms with E-state index in [0.29, 0.717) is 24.5 Å². The topological polar surface area (TPSA) is 105 Å². The molecule has 9 nitrogen and oxygen atoms in total. The lowest BCUT2D eigenvalue weighted by molar-refractivity contribution is 0.0325. The van der Waals surface area contributed by atoms with Crippen LogP contribution in [0.25, 0.3) is 11.1 Å². The fraction of sp³-hybridized carbons (Fsp3) is 0.400. The molecule has 0 saturated carbocycles. The molecule has 0 aliphatic carbocycles. The number of carbonyl (C=O) groups excluding carboxylic acids is 1. The zero-order chi connectivity index (χ0) is 24.1. The lowest BCUT2D eigenvalue weighted by Crippen LogP contribution is -2.49. The third-order valence-corrected chi connectivity index (χ3v) is 6.11. The van der Waals surface area contributed by atoms with Gasteiger partial charge in [0, 0.05) is 67.7 Å². The van der Waals surface area contributed by atoms with Gasteiger partial charge in [-0.05, 0) is 37.7 Å². The van der Waals surface area contributed by atoms with Crippen LogP contribution < -0.4 is 4.74 Å². The maximum absolute atomic E-state index is 13.5. The van der Waals surface area contributed by atoms with Crippen molar-refractivity contribution in [2.24, 2.45) is 5.92 Å². The van der Waals surface area contributed by atoms with Gasteiger partial charge in [0.05, 0.1) is 12.6 Å². The fourth-order valence-electron chi connectivity index (χ4n) is 4.10. The highest BCUT2D eigenvalue weighted by molar-refractivity contribution is 5.98. The highest BCUT2D eigenvalue weighted by Crippen LogP contribution is 2.30. The summed E-state index contributed by atoms with van der Waals surface area (Å²) in [6.07, 6.45) is 9.86. The van der Waals surface area contributed by atoms with Gasteiger partial charge in [0.2, 0.25) is 5.88 Å². The summed E-state index contributed by atoms with van der Waals surface area (Å²) in [5.41, 5.74) is 3.02. The minimum absolute atomic E-state index is 0.0231. The Labute approximate surface area is 199 Å². The van der Waals surface area contributed by atoms with Crippen LogP contribution in [-0.4, -0.2) is 79.6 Å². The Hall–Kier alpha value is -3.43. The van der Waals surface area contributed by atoms with Gasteiger partial charge in [-0.15, -0.1) is 0 Å². The molecule has 0 bridgehead atoms. The molecule has 3 atom stereocenters. The number of hydrogen-bond donors (Lipinski definition) is 1. The summed E-state index contributed by atoms with van der Waals surface area (Å²) in [5, 5.41) is 9.84. The second-order valence-corrected chi connectivity index (χ2v) is 8.88. The molecular formula is C25H30N6O3. The predicted molar refractivity (Wildman–Crippen MR) is 127 cm³/mol. The molecule has 4 rings (SSSR count). The van der Waals surface area contributed by atoms with E-state index in [0.717, 1.165) is 23.2 Å². The van der Waals surface area contributed by atoms with E-state index in [1.54, 1.807) is 42.0 Å². The Balaban J connectivity index is 1.65. The molecular weight excluding hydrogens is 432 g/mol. The molecule has 3 aromatic rings. The van der Waals surface area contributed by atoms with Crippen molar-refractivity contribution < 1.29 is 14.6 Å². The van der Waals surface area contributed by atoms with Crippen molar-refractivity contribution in [3.8, 4) is 17.0 Å². The van der Waals surface area contributed by atoms with Crippen LogP contribution in [0.3, 0.4) is 0 Å². The molecule has 0 unspecified atom stereocenters. The number of carbonyl (C=O) groups is 1. The van der Waals surface area contributed by atoms with Crippen molar-refractivity contribution >= 4 is 5.91 Å². The third-order valence-electron chi connectivity index (χ3n) is 6.11. The van der Waals surface area contributed by atoms with Gasteiger partial charge in [-0.25, -0.2) is 15.0 Å². The van der Waals surface area contributed by atoms with E-state index in [-0.39, 0.29) is 30.6 Å². The number of aromatic nitrogens is 4. The van der Waals surface area contributed by atoms with Crippen LogP contribution in [0.5, 0.6) is 5.88 Å². The van der Waals surface area contributed by atoms with Gasteiger partial charge in [-0.1, -0.05) is 6.92 Å². The van der Waals surface area contributed by atoms with E-state index in [4.69, 9.17) is 4.74 Å². The van der Waals surface area contributed by atoms with Crippen LogP contribution in [0.15, 0.2) is 55.5 Å². The molecule has 34 heavy (non-hydrogen) atoms. The molecule has 0 radical (unpaired) electrons. The largest absolute Gasteiger partial charge is 0.472 e. The number of nitrogens with zero attached hydrogens (tertiary/aromatic N) is 6. The van der Waals surface area contributed by atoms with Gasteiger partial charge in [0.25, 0.3) is 5.91 Å². The third kappa shape index (κ3) is 5.37. The summed E-state index contributed by atoms with van der Waals surface area (Å²) in [7, 11) is 2.04. The van der Waals surface area contributed by atoms with E-state index in [1.807, 2.05) is 26.1 Å². The normalized spacial score (nSPS) is 19.2. The van der Waals surface area contributed by atoms with E-state index in [1.165, 1.54) is 6.33 Å². The molecule has 178 valence electrons. The zero-order valence-electron chi connectivity index (χ0n) is 19.7. The van der Waals surface area contributed by atoms with Gasteiger partial charge in [-0.2, -0.15) is 0 Å². The molecule has 1 N–H and O–H groups in total. The summed E-state index contributed by atoms with van der Waals surface area (Å²) < 4.78 is 6.37. The van der Waals surface area contributed by atoms with Crippen molar-refractivity contribution in [2.75, 3.05) is 26.7 Å². The van der Waals surface area contributed by atoms with Gasteiger partial charge in [0.15, 0.2) is 0 Å². The second-order valence-electron chi connectivity index (χ2n) is 8.88. The zero-order valence-corrected chi connectivity index (χ0v) is 19.7. The van der Waals surface area contributed by atoms with Gasteiger partial charge < -0.3 is 14.7 Å². The first-order valence-corrected chi connectivity index (χ1v) is 11.4. The lowest BCUT2D eigenvalue weighted by Gasteiger charge is -2.37. The number of ether oxygens (including phenoxy) is 1. The summed E-state index contributed by atoms with van der Waals surface area (Å²) in [6, 6.07) is 5.43. The standard InChI is InChI=1S/C25H30N6O3/c1-17-12-31(18(2)15-32)25(33)22-8-20(21-9-27-16-28-10-21)11-29-24(22)34-23(17)14-30(3)13-19-4-6-26-7-5-19/h4-11,16-18,23,32H,12-15H2,1-3H3/t17-,18-,23+/m0/s1. The second kappa shape index (κ2) is 10.7. The summed E-state index contributed by atoms with van der Waals surface area (Å²) in [6.45, 7) is 5.65. The van der Waals surface area contributed by atoms with E-state index in [9.17, 15) is 9.90 Å². The first-order chi connectivity index (χ1) is 16.5. The van der Waals surface area contributed by atoms with Crippen LogP contribution in [0, 0.1) is 5.92 Å². The van der Waals surface area contributed by atoms with Crippen molar-refractivity contribution in [2.45, 2.75) is 32.5 Å². The van der Waals surface area contributed by atoms with Gasteiger partial charge in [-0.3, -0.25) is 14.7 Å². The molecule has 0 saturated heterocycles. The Morgan fingerprint density at radius 3 is 2.62 bits per heavy atom. The number of aliphatic hydroxyl groups is 1. The molecule has 1 amide bonds. The van der Waals surface area contributed by atoms with Crippen LogP contribution in [0.2, 0.25) is 0 Å². The Kier molecular flexibility index (Phi) is 7.44. The molecule has 0 fully saturated rings. The van der Waals surface area contributed by atoms with Crippen molar-refractivity contribution in [3.63, 3.8) is 0 Å². The number of hydrogen-bond acceptors (Lipinski definition) is 8. The van der Waals surface area contributed by atoms with E-state index in [2.05, 4.69) is 31.8 Å². The minimum atomic E-state index is -0.334. The summed E-state index contributed by atoms with van der Waals surface area (Å²) in [5.74, 6) is 0.114. The highest BCUT2D eigenvalue weighted by atomic mass is 16.5. The first-order valence-electron chi connectivity index (χ1n) is 11.4. The van der Waals surface area contributed by atoms with Gasteiger partial charge >= 0.3 is 0 Å². The molecule has 0 aromatic carbocycles. The Morgan fingerprint density at radius 1 is 1.18 bits per heavy atom. The van der Waals surface area contributed by atoms with Crippen LogP contribution in [0.1, 0.15) is 29.8 Å². The smallest absolute Gasteiger partial charge is 0.259 e. The average Bonchev–Trinajstić information content (AvgIpc) is 2.86. The molecule has 0 spiro atoms. The molecule has 3 aromatic heterocycles. The Bertz CT molecular complexity index is 1100. The molecule has 1 aliphatic rings. The molecule has 9 heteroatoms. The maximum atomic E-state index is 13.5. The van der Waals surface area contributed by atoms with E-state index >= 15 is 0 Å². The van der Waals surface area contributed by atoms with Crippen molar-refractivity contribution in [1.82, 2.24) is 29.7 Å².